The second kappa shape index (κ2) is 9.23. The number of methoxy groups -OCH3 is 1. The lowest BCUT2D eigenvalue weighted by Crippen LogP contribution is -2.41. The minimum absolute atomic E-state index is 0.0584. The summed E-state index contributed by atoms with van der Waals surface area (Å²) in [5, 5.41) is 2.59. The van der Waals surface area contributed by atoms with Gasteiger partial charge in [-0.2, -0.15) is 0 Å². The third kappa shape index (κ3) is 5.39. The molecule has 0 unspecified atom stereocenters. The first-order chi connectivity index (χ1) is 15.6. The molecule has 0 aromatic heterocycles. The molecule has 1 saturated heterocycles. The fourth-order valence-corrected chi connectivity index (χ4v) is 3.79. The zero-order valence-corrected chi connectivity index (χ0v) is 21.6. The van der Waals surface area contributed by atoms with E-state index < -0.39 is 35.8 Å². The summed E-state index contributed by atoms with van der Waals surface area (Å²) in [7, 11) is 0.956. The number of carbonyl (C=O) groups excluding carboxylic acids is 1. The number of ether oxygens (including phenoxy) is 2. The van der Waals surface area contributed by atoms with Gasteiger partial charge in [0.1, 0.15) is 17.2 Å². The van der Waals surface area contributed by atoms with Crippen LogP contribution >= 0.6 is 0 Å². The van der Waals surface area contributed by atoms with E-state index >= 15 is 4.39 Å². The first-order valence-corrected chi connectivity index (χ1v) is 11.4. The predicted molar refractivity (Wildman–Crippen MR) is 132 cm³/mol. The summed E-state index contributed by atoms with van der Waals surface area (Å²) >= 11 is 0. The third-order valence-corrected chi connectivity index (χ3v) is 6.38. The number of carbonyl (C=O) groups is 1. The van der Waals surface area contributed by atoms with Crippen LogP contribution in [0, 0.1) is 12.7 Å². The Balaban J connectivity index is 1.91. The molecule has 1 heterocycles. The summed E-state index contributed by atoms with van der Waals surface area (Å²) in [5.41, 5.74) is 2.01. The molecule has 184 valence electrons. The molecule has 1 aliphatic heterocycles. The van der Waals surface area contributed by atoms with Gasteiger partial charge >= 0.3 is 13.2 Å². The van der Waals surface area contributed by atoms with Crippen molar-refractivity contribution < 1.29 is 28.0 Å². The van der Waals surface area contributed by atoms with Crippen molar-refractivity contribution >= 4 is 18.7 Å². The van der Waals surface area contributed by atoms with E-state index in [1.54, 1.807) is 26.8 Å². The Labute approximate surface area is 202 Å². The maximum atomic E-state index is 15.2. The highest BCUT2D eigenvalue weighted by atomic mass is 19.1. The van der Waals surface area contributed by atoms with Crippen LogP contribution in [-0.2, 0) is 20.6 Å². The Bertz CT molecular complexity index is 1060. The van der Waals surface area contributed by atoms with E-state index in [9.17, 15) is 4.79 Å². The molecule has 0 saturated carbocycles. The largest absolute Gasteiger partial charge is 0.496 e. The maximum absolute atomic E-state index is 15.2. The van der Waals surface area contributed by atoms with Gasteiger partial charge in [-0.3, -0.25) is 0 Å². The molecule has 2 aromatic carbocycles. The molecule has 0 atom stereocenters. The normalized spacial score (nSPS) is 16.9. The summed E-state index contributed by atoms with van der Waals surface area (Å²) in [5.74, 6) is -0.141. The molecule has 8 heteroatoms. The van der Waals surface area contributed by atoms with Crippen LogP contribution in [0.25, 0.3) is 11.1 Å². The highest BCUT2D eigenvalue weighted by Crippen LogP contribution is 2.37. The van der Waals surface area contributed by atoms with Crippen molar-refractivity contribution in [2.24, 2.45) is 0 Å². The molecule has 6 nitrogen and oxygen atoms in total. The molecule has 1 N–H and O–H groups in total. The van der Waals surface area contributed by atoms with Gasteiger partial charge in [-0.1, -0.05) is 18.2 Å². The Morgan fingerprint density at radius 3 is 2.29 bits per heavy atom. The van der Waals surface area contributed by atoms with Gasteiger partial charge in [0.15, 0.2) is 0 Å². The minimum atomic E-state index is -0.643. The number of halogens is 1. The molecule has 34 heavy (non-hydrogen) atoms. The number of nitrogens with one attached hydrogen (secondary N) is 1. The Morgan fingerprint density at radius 1 is 1.12 bits per heavy atom. The van der Waals surface area contributed by atoms with Gasteiger partial charge in [0.25, 0.3) is 0 Å². The van der Waals surface area contributed by atoms with Crippen molar-refractivity contribution in [2.75, 3.05) is 7.11 Å². The molecular formula is C26H35BFNO5. The van der Waals surface area contributed by atoms with Gasteiger partial charge in [-0.25, -0.2) is 9.18 Å². The first-order valence-electron chi connectivity index (χ1n) is 11.4. The van der Waals surface area contributed by atoms with Crippen LogP contribution in [0.5, 0.6) is 5.75 Å². The van der Waals surface area contributed by atoms with Gasteiger partial charge in [0.2, 0.25) is 0 Å². The SMILES string of the molecule is COc1cc(-c2cccc(B3OC(C)(C)C(C)(C)O3)c2C)cc(F)c1CNC(=O)OC(C)(C)C. The average Bonchev–Trinajstić information content (AvgIpc) is 2.92. The Kier molecular flexibility index (Phi) is 7.07. The lowest BCUT2D eigenvalue weighted by Gasteiger charge is -2.32. The van der Waals surface area contributed by atoms with Crippen LogP contribution in [-0.4, -0.2) is 37.1 Å². The van der Waals surface area contributed by atoms with Crippen molar-refractivity contribution in [1.82, 2.24) is 5.32 Å². The zero-order chi connectivity index (χ0) is 25.5. The second-order valence-corrected chi connectivity index (χ2v) is 10.6. The molecule has 0 radical (unpaired) electrons. The summed E-state index contributed by atoms with van der Waals surface area (Å²) in [6, 6.07) is 9.02. The minimum Gasteiger partial charge on any atom is -0.496 e. The Morgan fingerprint density at radius 2 is 1.74 bits per heavy atom. The number of hydrogen-bond acceptors (Lipinski definition) is 5. The van der Waals surface area contributed by atoms with Crippen LogP contribution < -0.4 is 15.5 Å². The van der Waals surface area contributed by atoms with Crippen LogP contribution in [0.15, 0.2) is 30.3 Å². The number of benzene rings is 2. The van der Waals surface area contributed by atoms with E-state index in [0.29, 0.717) is 11.3 Å². The summed E-state index contributed by atoms with van der Waals surface area (Å²) in [6.45, 7) is 15.3. The molecule has 3 rings (SSSR count). The second-order valence-electron chi connectivity index (χ2n) is 10.6. The fraction of sp³-hybridized carbons (Fsp3) is 0.500. The van der Waals surface area contributed by atoms with Crippen LogP contribution in [0.1, 0.15) is 59.6 Å². The van der Waals surface area contributed by atoms with E-state index in [1.165, 1.54) is 13.2 Å². The molecule has 1 fully saturated rings. The van der Waals surface area contributed by atoms with Gasteiger partial charge in [0.05, 0.1) is 24.9 Å². The summed E-state index contributed by atoms with van der Waals surface area (Å²) in [4.78, 5) is 12.0. The van der Waals surface area contributed by atoms with Gasteiger partial charge in [0, 0.05) is 5.56 Å². The first kappa shape index (κ1) is 26.0. The summed E-state index contributed by atoms with van der Waals surface area (Å²) < 4.78 is 38.3. The van der Waals surface area contributed by atoms with Crippen molar-refractivity contribution in [3.05, 3.63) is 47.3 Å². The summed E-state index contributed by atoms with van der Waals surface area (Å²) in [6.07, 6.45) is -0.621. The zero-order valence-electron chi connectivity index (χ0n) is 21.6. The lowest BCUT2D eigenvalue weighted by atomic mass is 9.74. The molecule has 0 aliphatic carbocycles. The third-order valence-electron chi connectivity index (χ3n) is 6.38. The van der Waals surface area contributed by atoms with Crippen LogP contribution in [0.3, 0.4) is 0 Å². The molecule has 2 aromatic rings. The van der Waals surface area contributed by atoms with E-state index in [-0.39, 0.29) is 12.1 Å². The quantitative estimate of drug-likeness (QED) is 0.613. The average molecular weight is 471 g/mol. The number of rotatable bonds is 5. The maximum Gasteiger partial charge on any atom is 0.495 e. The van der Waals surface area contributed by atoms with Crippen molar-refractivity contribution in [2.45, 2.75) is 78.7 Å². The molecule has 1 amide bonds. The van der Waals surface area contributed by atoms with E-state index in [1.807, 2.05) is 52.8 Å². The highest BCUT2D eigenvalue weighted by Gasteiger charge is 2.52. The number of hydrogen-bond donors (Lipinski definition) is 1. The topological polar surface area (TPSA) is 66.0 Å². The smallest absolute Gasteiger partial charge is 0.495 e. The van der Waals surface area contributed by atoms with Crippen LogP contribution in [0.2, 0.25) is 0 Å². The van der Waals surface area contributed by atoms with Crippen molar-refractivity contribution in [1.29, 1.82) is 0 Å². The number of alkyl carbamates (subject to hydrolysis) is 1. The molecule has 0 spiro atoms. The molecule has 1 aliphatic rings. The van der Waals surface area contributed by atoms with E-state index in [2.05, 4.69) is 5.32 Å². The van der Waals surface area contributed by atoms with Crippen molar-refractivity contribution in [3.8, 4) is 16.9 Å². The van der Waals surface area contributed by atoms with Gasteiger partial charge in [-0.05, 0) is 89.7 Å². The fourth-order valence-electron chi connectivity index (χ4n) is 3.79. The number of amides is 1. The van der Waals surface area contributed by atoms with Crippen molar-refractivity contribution in [3.63, 3.8) is 0 Å². The standard InChI is InChI=1S/C26H35BFNO5/c1-16-18(11-10-12-20(16)27-33-25(5,6)26(7,8)34-27)17-13-21(28)19(22(14-17)31-9)15-29-23(30)32-24(2,3)4/h10-14H,15H2,1-9H3,(H,29,30). The Hall–Kier alpha value is -2.58. The monoisotopic (exact) mass is 471 g/mol. The van der Waals surface area contributed by atoms with Gasteiger partial charge < -0.3 is 24.1 Å². The van der Waals surface area contributed by atoms with E-state index in [4.69, 9.17) is 18.8 Å². The molecule has 0 bridgehead atoms. The van der Waals surface area contributed by atoms with Crippen LogP contribution in [0.4, 0.5) is 9.18 Å². The lowest BCUT2D eigenvalue weighted by molar-refractivity contribution is 0.00578. The predicted octanol–water partition coefficient (Wildman–Crippen LogP) is 5.13. The molecular weight excluding hydrogens is 436 g/mol. The highest BCUT2D eigenvalue weighted by molar-refractivity contribution is 6.62. The van der Waals surface area contributed by atoms with E-state index in [0.717, 1.165) is 16.6 Å². The van der Waals surface area contributed by atoms with Gasteiger partial charge in [-0.15, -0.1) is 0 Å².